The number of hydrogen-bond donors (Lipinski definition) is 1. The highest BCUT2D eigenvalue weighted by Crippen LogP contribution is 2.21. The number of carbonyl (C=O) groups excluding carboxylic acids is 2. The minimum Gasteiger partial charge on any atom is -0.353 e. The standard InChI is InChI=1S/C20H25N3O2/c1-13-20(15(3)24)14(2)23(22-13)11-10-19(25)21-18-9-8-16-6-4-5-7-17(16)12-18/h4-7,18H,8-12H2,1-3H3,(H,21,25). The number of Topliss-reactive ketones (excluding diaryl/α,β-unsaturated/α-hetero) is 1. The molecule has 0 aliphatic heterocycles. The van der Waals surface area contributed by atoms with Crippen molar-refractivity contribution in [3.63, 3.8) is 0 Å². The molecule has 1 aromatic carbocycles. The molecule has 2 aromatic rings. The van der Waals surface area contributed by atoms with E-state index in [-0.39, 0.29) is 17.7 Å². The molecule has 1 N–H and O–H groups in total. The van der Waals surface area contributed by atoms with Gasteiger partial charge in [-0.15, -0.1) is 0 Å². The van der Waals surface area contributed by atoms with Crippen molar-refractivity contribution in [2.75, 3.05) is 0 Å². The maximum atomic E-state index is 12.3. The minimum absolute atomic E-state index is 0.0200. The van der Waals surface area contributed by atoms with Gasteiger partial charge in [0.25, 0.3) is 0 Å². The molecule has 25 heavy (non-hydrogen) atoms. The van der Waals surface area contributed by atoms with Crippen molar-refractivity contribution in [3.8, 4) is 0 Å². The molecular weight excluding hydrogens is 314 g/mol. The van der Waals surface area contributed by atoms with Crippen molar-refractivity contribution in [3.05, 3.63) is 52.3 Å². The summed E-state index contributed by atoms with van der Waals surface area (Å²) in [6.45, 7) is 5.76. The normalized spacial score (nSPS) is 16.4. The Hall–Kier alpha value is -2.43. The smallest absolute Gasteiger partial charge is 0.222 e. The number of aryl methyl sites for hydroxylation is 3. The molecule has 1 aliphatic rings. The molecule has 5 heteroatoms. The van der Waals surface area contributed by atoms with Crippen molar-refractivity contribution in [2.24, 2.45) is 0 Å². The maximum Gasteiger partial charge on any atom is 0.222 e. The van der Waals surface area contributed by atoms with Gasteiger partial charge in [-0.2, -0.15) is 5.10 Å². The second-order valence-electron chi connectivity index (χ2n) is 6.85. The van der Waals surface area contributed by atoms with Gasteiger partial charge in [-0.3, -0.25) is 14.3 Å². The van der Waals surface area contributed by atoms with Gasteiger partial charge < -0.3 is 5.32 Å². The Balaban J connectivity index is 1.56. The third-order valence-corrected chi connectivity index (χ3v) is 5.00. The van der Waals surface area contributed by atoms with Crippen LogP contribution in [0.5, 0.6) is 0 Å². The molecule has 0 saturated heterocycles. The van der Waals surface area contributed by atoms with Crippen LogP contribution in [0.3, 0.4) is 0 Å². The fourth-order valence-electron chi connectivity index (χ4n) is 3.75. The summed E-state index contributed by atoms with van der Waals surface area (Å²) in [7, 11) is 0. The Labute approximate surface area is 148 Å². The summed E-state index contributed by atoms with van der Waals surface area (Å²) in [5.74, 6) is 0.0629. The summed E-state index contributed by atoms with van der Waals surface area (Å²) in [6, 6.07) is 8.64. The van der Waals surface area contributed by atoms with Gasteiger partial charge in [-0.1, -0.05) is 24.3 Å². The van der Waals surface area contributed by atoms with Gasteiger partial charge in [0.05, 0.1) is 11.3 Å². The van der Waals surface area contributed by atoms with Crippen LogP contribution in [-0.4, -0.2) is 27.5 Å². The van der Waals surface area contributed by atoms with Crippen LogP contribution in [0.25, 0.3) is 0 Å². The molecule has 3 rings (SSSR count). The van der Waals surface area contributed by atoms with Crippen LogP contribution in [-0.2, 0) is 24.2 Å². The average molecular weight is 339 g/mol. The van der Waals surface area contributed by atoms with Gasteiger partial charge >= 0.3 is 0 Å². The zero-order valence-electron chi connectivity index (χ0n) is 15.1. The Morgan fingerprint density at radius 1 is 1.24 bits per heavy atom. The van der Waals surface area contributed by atoms with E-state index in [9.17, 15) is 9.59 Å². The Kier molecular flexibility index (Phi) is 5.02. The molecule has 0 spiro atoms. The molecule has 0 fully saturated rings. The van der Waals surface area contributed by atoms with E-state index < -0.39 is 0 Å². The number of aromatic nitrogens is 2. The molecule has 1 heterocycles. The lowest BCUT2D eigenvalue weighted by Crippen LogP contribution is -2.39. The van der Waals surface area contributed by atoms with Crippen molar-refractivity contribution >= 4 is 11.7 Å². The Morgan fingerprint density at radius 3 is 2.64 bits per heavy atom. The third kappa shape index (κ3) is 3.81. The third-order valence-electron chi connectivity index (χ3n) is 5.00. The second-order valence-corrected chi connectivity index (χ2v) is 6.85. The van der Waals surface area contributed by atoms with Gasteiger partial charge in [0.15, 0.2) is 5.78 Å². The number of hydrogen-bond acceptors (Lipinski definition) is 3. The molecule has 1 unspecified atom stereocenters. The van der Waals surface area contributed by atoms with Gasteiger partial charge in [0, 0.05) is 24.7 Å². The van der Waals surface area contributed by atoms with Crippen LogP contribution in [0, 0.1) is 13.8 Å². The largest absolute Gasteiger partial charge is 0.353 e. The van der Waals surface area contributed by atoms with E-state index in [1.165, 1.54) is 11.1 Å². The van der Waals surface area contributed by atoms with E-state index >= 15 is 0 Å². The number of amides is 1. The van der Waals surface area contributed by atoms with E-state index in [0.717, 1.165) is 30.7 Å². The van der Waals surface area contributed by atoms with Gasteiger partial charge in [0.1, 0.15) is 0 Å². The first kappa shape index (κ1) is 17.4. The van der Waals surface area contributed by atoms with Crippen molar-refractivity contribution in [1.82, 2.24) is 15.1 Å². The fraction of sp³-hybridized carbons (Fsp3) is 0.450. The molecule has 0 bridgehead atoms. The molecule has 1 aliphatic carbocycles. The number of benzene rings is 1. The molecule has 1 amide bonds. The lowest BCUT2D eigenvalue weighted by Gasteiger charge is -2.25. The van der Waals surface area contributed by atoms with Gasteiger partial charge in [0.2, 0.25) is 5.91 Å². The van der Waals surface area contributed by atoms with Gasteiger partial charge in [-0.25, -0.2) is 0 Å². The summed E-state index contributed by atoms with van der Waals surface area (Å²) < 4.78 is 1.77. The van der Waals surface area contributed by atoms with Crippen LogP contribution in [0.1, 0.15) is 52.6 Å². The SMILES string of the molecule is CC(=O)c1c(C)nn(CCC(=O)NC2CCc3ccccc3C2)c1C. The lowest BCUT2D eigenvalue weighted by molar-refractivity contribution is -0.122. The second kappa shape index (κ2) is 7.21. The quantitative estimate of drug-likeness (QED) is 0.852. The molecule has 132 valence electrons. The number of rotatable bonds is 5. The predicted octanol–water partition coefficient (Wildman–Crippen LogP) is 2.77. The van der Waals surface area contributed by atoms with Crippen LogP contribution in [0.2, 0.25) is 0 Å². The Bertz CT molecular complexity index is 807. The van der Waals surface area contributed by atoms with E-state index in [2.05, 4.69) is 34.7 Å². The van der Waals surface area contributed by atoms with Crippen LogP contribution >= 0.6 is 0 Å². The predicted molar refractivity (Wildman–Crippen MR) is 96.7 cm³/mol. The lowest BCUT2D eigenvalue weighted by atomic mass is 9.88. The monoisotopic (exact) mass is 339 g/mol. The summed E-state index contributed by atoms with van der Waals surface area (Å²) in [6.07, 6.45) is 3.27. The molecule has 1 aromatic heterocycles. The van der Waals surface area contributed by atoms with E-state index in [1.54, 1.807) is 11.6 Å². The molecule has 5 nitrogen and oxygen atoms in total. The molecule has 1 atom stereocenters. The number of carbonyl (C=O) groups is 2. The molecular formula is C20H25N3O2. The zero-order valence-corrected chi connectivity index (χ0v) is 15.1. The molecule has 0 saturated carbocycles. The summed E-state index contributed by atoms with van der Waals surface area (Å²) in [5, 5.41) is 7.54. The number of fused-ring (bicyclic) bond motifs is 1. The maximum absolute atomic E-state index is 12.3. The topological polar surface area (TPSA) is 64.0 Å². The average Bonchev–Trinajstić information content (AvgIpc) is 2.86. The van der Waals surface area contributed by atoms with Crippen LogP contribution in [0.15, 0.2) is 24.3 Å². The number of nitrogens with one attached hydrogen (secondary N) is 1. The van der Waals surface area contributed by atoms with Crippen molar-refractivity contribution < 1.29 is 9.59 Å². The number of ketones is 1. The van der Waals surface area contributed by atoms with Gasteiger partial charge in [-0.05, 0) is 51.2 Å². The van der Waals surface area contributed by atoms with Crippen molar-refractivity contribution in [1.29, 1.82) is 0 Å². The minimum atomic E-state index is 0.0200. The summed E-state index contributed by atoms with van der Waals surface area (Å²) in [4.78, 5) is 24.0. The first-order chi connectivity index (χ1) is 12.0. The van der Waals surface area contributed by atoms with Crippen molar-refractivity contribution in [2.45, 2.75) is 59.0 Å². The summed E-state index contributed by atoms with van der Waals surface area (Å²) >= 11 is 0. The number of nitrogens with zero attached hydrogens (tertiary/aromatic N) is 2. The first-order valence-electron chi connectivity index (χ1n) is 8.86. The first-order valence-corrected chi connectivity index (χ1v) is 8.86. The molecule has 0 radical (unpaired) electrons. The van der Waals surface area contributed by atoms with E-state index in [1.807, 2.05) is 13.8 Å². The summed E-state index contributed by atoms with van der Waals surface area (Å²) in [5.41, 5.74) is 4.97. The Morgan fingerprint density at radius 2 is 1.96 bits per heavy atom. The fourth-order valence-corrected chi connectivity index (χ4v) is 3.75. The van der Waals surface area contributed by atoms with E-state index in [4.69, 9.17) is 0 Å². The zero-order chi connectivity index (χ0) is 18.0. The highest BCUT2D eigenvalue weighted by Gasteiger charge is 2.20. The van der Waals surface area contributed by atoms with E-state index in [0.29, 0.717) is 18.5 Å². The highest BCUT2D eigenvalue weighted by atomic mass is 16.1. The van der Waals surface area contributed by atoms with Crippen LogP contribution in [0.4, 0.5) is 0 Å². The highest BCUT2D eigenvalue weighted by molar-refractivity contribution is 5.96. The van der Waals surface area contributed by atoms with Crippen LogP contribution < -0.4 is 5.32 Å².